The molecule has 1 atom stereocenters. The van der Waals surface area contributed by atoms with Gasteiger partial charge in [0.25, 0.3) is 5.91 Å². The Kier molecular flexibility index (Phi) is 7.12. The highest BCUT2D eigenvalue weighted by atomic mass is 16.5. The lowest BCUT2D eigenvalue weighted by atomic mass is 10.0. The summed E-state index contributed by atoms with van der Waals surface area (Å²) in [6.45, 7) is 4.95. The Balaban J connectivity index is 1.36. The first-order chi connectivity index (χ1) is 15.6. The van der Waals surface area contributed by atoms with E-state index in [9.17, 15) is 4.79 Å². The second-order valence-electron chi connectivity index (χ2n) is 8.09. The van der Waals surface area contributed by atoms with Gasteiger partial charge in [-0.3, -0.25) is 9.69 Å². The Bertz CT molecular complexity index is 1020. The van der Waals surface area contributed by atoms with E-state index in [1.807, 2.05) is 24.3 Å². The fourth-order valence-corrected chi connectivity index (χ4v) is 4.04. The Morgan fingerprint density at radius 3 is 2.47 bits per heavy atom. The van der Waals surface area contributed by atoms with Crippen LogP contribution in [0.5, 0.6) is 11.5 Å². The standard InChI is InChI=1S/C26H30N2O4/c1-19-9-11-20(12-10-19)22(28-15-5-6-16-28)17-27-26(29)25-14-13-21(32-25)18-31-24-8-4-3-7-23(24)30-2/h3-4,7-14,22H,5-6,15-18H2,1-2H3,(H,27,29). The van der Waals surface area contributed by atoms with E-state index in [2.05, 4.69) is 41.4 Å². The molecule has 6 nitrogen and oxygen atoms in total. The van der Waals surface area contributed by atoms with E-state index in [0.29, 0.717) is 23.8 Å². The molecule has 1 N–H and O–H groups in total. The third-order valence-electron chi connectivity index (χ3n) is 5.82. The maximum absolute atomic E-state index is 12.8. The van der Waals surface area contributed by atoms with Gasteiger partial charge >= 0.3 is 0 Å². The Labute approximate surface area is 189 Å². The highest BCUT2D eigenvalue weighted by Gasteiger charge is 2.24. The van der Waals surface area contributed by atoms with Gasteiger partial charge in [0, 0.05) is 6.54 Å². The van der Waals surface area contributed by atoms with Crippen LogP contribution in [0.25, 0.3) is 0 Å². The molecule has 1 unspecified atom stereocenters. The number of ether oxygens (including phenoxy) is 2. The summed E-state index contributed by atoms with van der Waals surface area (Å²) in [4.78, 5) is 15.2. The van der Waals surface area contributed by atoms with Crippen LogP contribution < -0.4 is 14.8 Å². The van der Waals surface area contributed by atoms with Gasteiger partial charge in [-0.1, -0.05) is 42.0 Å². The summed E-state index contributed by atoms with van der Waals surface area (Å²) in [6.07, 6.45) is 2.40. The molecular formula is C26H30N2O4. The van der Waals surface area contributed by atoms with E-state index < -0.39 is 0 Å². The molecule has 0 radical (unpaired) electrons. The van der Waals surface area contributed by atoms with Crippen LogP contribution in [-0.4, -0.2) is 37.6 Å². The van der Waals surface area contributed by atoms with Crippen LogP contribution in [0.3, 0.4) is 0 Å². The molecule has 4 rings (SSSR count). The Hall–Kier alpha value is -3.25. The van der Waals surface area contributed by atoms with Gasteiger partial charge in [-0.05, 0) is 62.7 Å². The Morgan fingerprint density at radius 1 is 1.03 bits per heavy atom. The molecule has 0 spiro atoms. The van der Waals surface area contributed by atoms with Crippen molar-refractivity contribution in [1.82, 2.24) is 10.2 Å². The molecule has 1 amide bonds. The number of likely N-dealkylation sites (tertiary alicyclic amines) is 1. The summed E-state index contributed by atoms with van der Waals surface area (Å²) in [5.74, 6) is 1.93. The lowest BCUT2D eigenvalue weighted by Gasteiger charge is -2.28. The molecule has 1 aliphatic heterocycles. The number of nitrogens with zero attached hydrogens (tertiary/aromatic N) is 1. The number of hydrogen-bond acceptors (Lipinski definition) is 5. The third kappa shape index (κ3) is 5.32. The fraction of sp³-hybridized carbons (Fsp3) is 0.346. The van der Waals surface area contributed by atoms with Crippen molar-refractivity contribution < 1.29 is 18.7 Å². The first-order valence-electron chi connectivity index (χ1n) is 11.1. The normalized spacial score (nSPS) is 14.8. The largest absolute Gasteiger partial charge is 0.493 e. The van der Waals surface area contributed by atoms with Gasteiger partial charge in [-0.15, -0.1) is 0 Å². The molecule has 1 aromatic heterocycles. The minimum Gasteiger partial charge on any atom is -0.493 e. The van der Waals surface area contributed by atoms with Gasteiger partial charge in [-0.2, -0.15) is 0 Å². The Morgan fingerprint density at radius 2 is 1.75 bits per heavy atom. The number of aryl methyl sites for hydroxylation is 1. The second-order valence-corrected chi connectivity index (χ2v) is 8.09. The number of rotatable bonds is 9. The van der Waals surface area contributed by atoms with E-state index in [4.69, 9.17) is 13.9 Å². The van der Waals surface area contributed by atoms with E-state index in [1.165, 1.54) is 24.0 Å². The summed E-state index contributed by atoms with van der Waals surface area (Å²) in [5, 5.41) is 3.06. The molecule has 2 heterocycles. The van der Waals surface area contributed by atoms with E-state index >= 15 is 0 Å². The second kappa shape index (κ2) is 10.4. The first-order valence-corrected chi connectivity index (χ1v) is 11.1. The number of para-hydroxylation sites is 2. The average Bonchev–Trinajstić information content (AvgIpc) is 3.52. The van der Waals surface area contributed by atoms with Crippen LogP contribution in [0.1, 0.15) is 46.3 Å². The average molecular weight is 435 g/mol. The van der Waals surface area contributed by atoms with Gasteiger partial charge in [-0.25, -0.2) is 0 Å². The maximum atomic E-state index is 12.8. The van der Waals surface area contributed by atoms with Crippen molar-refractivity contribution in [2.24, 2.45) is 0 Å². The predicted molar refractivity (Wildman–Crippen MR) is 123 cm³/mol. The quantitative estimate of drug-likeness (QED) is 0.527. The zero-order valence-corrected chi connectivity index (χ0v) is 18.7. The summed E-state index contributed by atoms with van der Waals surface area (Å²) in [7, 11) is 1.60. The summed E-state index contributed by atoms with van der Waals surface area (Å²) in [5.41, 5.74) is 2.46. The zero-order chi connectivity index (χ0) is 22.3. The van der Waals surface area contributed by atoms with Gasteiger partial charge < -0.3 is 19.2 Å². The summed E-state index contributed by atoms with van der Waals surface area (Å²) >= 11 is 0. The van der Waals surface area contributed by atoms with Gasteiger partial charge in [0.1, 0.15) is 12.4 Å². The van der Waals surface area contributed by atoms with Gasteiger partial charge in [0.05, 0.1) is 13.2 Å². The van der Waals surface area contributed by atoms with E-state index in [1.54, 1.807) is 19.2 Å². The zero-order valence-electron chi connectivity index (χ0n) is 18.7. The highest BCUT2D eigenvalue weighted by molar-refractivity contribution is 5.91. The van der Waals surface area contributed by atoms with Crippen molar-refractivity contribution in [2.75, 3.05) is 26.7 Å². The van der Waals surface area contributed by atoms with Crippen LogP contribution in [0.15, 0.2) is 65.1 Å². The van der Waals surface area contributed by atoms with E-state index in [-0.39, 0.29) is 24.3 Å². The molecule has 1 fully saturated rings. The van der Waals surface area contributed by atoms with Crippen molar-refractivity contribution in [2.45, 2.75) is 32.4 Å². The molecule has 6 heteroatoms. The number of methoxy groups -OCH3 is 1. The molecule has 1 saturated heterocycles. The molecule has 168 valence electrons. The predicted octanol–water partition coefficient (Wildman–Crippen LogP) is 4.74. The molecule has 0 aliphatic carbocycles. The number of hydrogen-bond donors (Lipinski definition) is 1. The molecule has 32 heavy (non-hydrogen) atoms. The minimum absolute atomic E-state index is 0.158. The van der Waals surface area contributed by atoms with Crippen molar-refractivity contribution >= 4 is 5.91 Å². The van der Waals surface area contributed by atoms with E-state index in [0.717, 1.165) is 13.1 Å². The number of carbonyl (C=O) groups is 1. The van der Waals surface area contributed by atoms with Gasteiger partial charge in [0.2, 0.25) is 0 Å². The van der Waals surface area contributed by atoms with Crippen LogP contribution in [0, 0.1) is 6.92 Å². The van der Waals surface area contributed by atoms with Crippen LogP contribution >= 0.6 is 0 Å². The molecule has 2 aromatic carbocycles. The smallest absolute Gasteiger partial charge is 0.287 e. The topological polar surface area (TPSA) is 63.9 Å². The molecular weight excluding hydrogens is 404 g/mol. The van der Waals surface area contributed by atoms with Crippen molar-refractivity contribution in [1.29, 1.82) is 0 Å². The monoisotopic (exact) mass is 434 g/mol. The number of carbonyl (C=O) groups excluding carboxylic acids is 1. The minimum atomic E-state index is -0.218. The summed E-state index contributed by atoms with van der Waals surface area (Å²) in [6, 6.07) is 19.6. The van der Waals surface area contributed by atoms with Gasteiger partial charge in [0.15, 0.2) is 17.3 Å². The lowest BCUT2D eigenvalue weighted by molar-refractivity contribution is 0.0906. The first kappa shape index (κ1) is 22.0. The number of nitrogens with one attached hydrogen (secondary N) is 1. The molecule has 3 aromatic rings. The lowest BCUT2D eigenvalue weighted by Crippen LogP contribution is -2.36. The van der Waals surface area contributed by atoms with Crippen molar-refractivity contribution in [3.63, 3.8) is 0 Å². The van der Waals surface area contributed by atoms with Crippen molar-refractivity contribution in [3.05, 3.63) is 83.3 Å². The van der Waals surface area contributed by atoms with Crippen molar-refractivity contribution in [3.8, 4) is 11.5 Å². The number of furan rings is 1. The number of amides is 1. The molecule has 1 aliphatic rings. The fourth-order valence-electron chi connectivity index (χ4n) is 4.04. The number of benzene rings is 2. The summed E-state index contributed by atoms with van der Waals surface area (Å²) < 4.78 is 16.8. The molecule has 0 saturated carbocycles. The molecule has 0 bridgehead atoms. The van der Waals surface area contributed by atoms with Crippen LogP contribution in [0.2, 0.25) is 0 Å². The SMILES string of the molecule is COc1ccccc1OCc1ccc(C(=O)NCC(c2ccc(C)cc2)N2CCCC2)o1. The maximum Gasteiger partial charge on any atom is 0.287 e. The van der Waals surface area contributed by atoms with Crippen LogP contribution in [0.4, 0.5) is 0 Å². The van der Waals surface area contributed by atoms with Crippen LogP contribution in [-0.2, 0) is 6.61 Å². The highest BCUT2D eigenvalue weighted by Crippen LogP contribution is 2.27. The third-order valence-corrected chi connectivity index (χ3v) is 5.82.